The number of aliphatic hydroxyl groups is 1. The Kier molecular flexibility index (Phi) is 15.5. The summed E-state index contributed by atoms with van der Waals surface area (Å²) >= 11 is 0. The predicted octanol–water partition coefficient (Wildman–Crippen LogP) is 4.77. The van der Waals surface area contributed by atoms with E-state index in [1.54, 1.807) is 21.0 Å². The number of hydrogen-bond acceptors (Lipinski definition) is 12. The molecule has 3 aliphatic heterocycles. The lowest BCUT2D eigenvalue weighted by atomic mass is 9.77. The molecule has 4 unspecified atom stereocenters. The van der Waals surface area contributed by atoms with Crippen LogP contribution in [0.1, 0.15) is 114 Å². The molecular weight excluding hydrogens is 632 g/mol. The number of esters is 1. The van der Waals surface area contributed by atoms with Crippen molar-refractivity contribution in [2.45, 2.75) is 180 Å². The fraction of sp³-hybridized carbons (Fsp3) is 0.946. The van der Waals surface area contributed by atoms with Gasteiger partial charge in [0.2, 0.25) is 6.41 Å². The van der Waals surface area contributed by atoms with Crippen LogP contribution in [-0.4, -0.2) is 110 Å². The smallest absolute Gasteiger partial charge is 0.311 e. The highest BCUT2D eigenvalue weighted by molar-refractivity contribution is 5.83. The van der Waals surface area contributed by atoms with Crippen LogP contribution in [0.15, 0.2) is 0 Å². The van der Waals surface area contributed by atoms with E-state index in [-0.39, 0.29) is 36.9 Å². The molecule has 0 radical (unpaired) electrons. The number of nitrogens with zero attached hydrogens (tertiary/aromatic N) is 1. The fourth-order valence-corrected chi connectivity index (χ4v) is 8.27. The molecule has 286 valence electrons. The summed E-state index contributed by atoms with van der Waals surface area (Å²) in [6.07, 6.45) is -0.485. The molecular formula is C37H68N2O10. The van der Waals surface area contributed by atoms with Gasteiger partial charge in [0.15, 0.2) is 12.6 Å². The molecule has 15 atom stereocenters. The van der Waals surface area contributed by atoms with Crippen LogP contribution in [0.4, 0.5) is 0 Å². The number of Topliss-reactive ketones (excluding diaryl/α,β-unsaturated/α-hetero) is 1. The second-order valence-electron chi connectivity index (χ2n) is 16.0. The zero-order valence-electron chi connectivity index (χ0n) is 32.3. The van der Waals surface area contributed by atoms with Crippen molar-refractivity contribution < 1.29 is 47.9 Å². The molecule has 49 heavy (non-hydrogen) atoms. The van der Waals surface area contributed by atoms with E-state index in [4.69, 9.17) is 38.9 Å². The maximum absolute atomic E-state index is 14.1. The zero-order chi connectivity index (χ0) is 36.8. The summed E-state index contributed by atoms with van der Waals surface area (Å²) in [6, 6.07) is 0.261. The second kappa shape index (κ2) is 18.0. The van der Waals surface area contributed by atoms with Gasteiger partial charge in [0.1, 0.15) is 17.5 Å². The number of methoxy groups -OCH3 is 1. The van der Waals surface area contributed by atoms with Crippen molar-refractivity contribution >= 4 is 11.8 Å². The number of ketones is 1. The van der Waals surface area contributed by atoms with Crippen LogP contribution in [-0.2, 0) is 42.7 Å². The topological polar surface area (TPSA) is 148 Å². The highest BCUT2D eigenvalue weighted by Crippen LogP contribution is 2.39. The van der Waals surface area contributed by atoms with E-state index in [1.165, 1.54) is 0 Å². The summed E-state index contributed by atoms with van der Waals surface area (Å²) < 4.78 is 44.6. The van der Waals surface area contributed by atoms with Gasteiger partial charge in [0.05, 0.1) is 35.9 Å². The SMILES string of the molecule is CC[C@H]1OC(=O)C(C)[C@@H](O[C@H]2CC(C)C[C@H](C)O2)C[C@@H](O[C@H]2CC(N(C)C)C[C@@H](C)O2)[C@](C)(OC)C[C@@H](C)C(=O)[C@H](C)C[C@]1(C)OC(N)O. The summed E-state index contributed by atoms with van der Waals surface area (Å²) in [5, 5.41) is 10.1. The maximum atomic E-state index is 14.1. The monoisotopic (exact) mass is 700 g/mol. The zero-order valence-corrected chi connectivity index (χ0v) is 32.3. The number of ether oxygens (including phenoxy) is 7. The molecule has 0 saturated carbocycles. The summed E-state index contributed by atoms with van der Waals surface area (Å²) in [7, 11) is 5.76. The summed E-state index contributed by atoms with van der Waals surface area (Å²) in [5.74, 6) is -1.79. The van der Waals surface area contributed by atoms with E-state index in [2.05, 4.69) is 32.8 Å². The number of carbonyl (C=O) groups excluding carboxylic acids is 2. The first kappa shape index (κ1) is 42.2. The molecule has 0 aromatic carbocycles. The number of carbonyl (C=O) groups is 2. The Bertz CT molecular complexity index is 1050. The van der Waals surface area contributed by atoms with Gasteiger partial charge < -0.3 is 43.2 Å². The highest BCUT2D eigenvalue weighted by atomic mass is 16.7. The Labute approximate surface area is 295 Å². The first-order valence-electron chi connectivity index (χ1n) is 18.5. The molecule has 0 aromatic heterocycles. The van der Waals surface area contributed by atoms with Gasteiger partial charge in [-0.3, -0.25) is 15.3 Å². The van der Waals surface area contributed by atoms with Crippen molar-refractivity contribution in [2.24, 2.45) is 29.4 Å². The van der Waals surface area contributed by atoms with E-state index in [1.807, 2.05) is 34.6 Å². The number of rotatable bonds is 9. The molecule has 3 saturated heterocycles. The average molecular weight is 701 g/mol. The molecule has 0 spiro atoms. The Hall–Kier alpha value is -1.22. The Balaban J connectivity index is 2.10. The van der Waals surface area contributed by atoms with Crippen molar-refractivity contribution in [3.05, 3.63) is 0 Å². The van der Waals surface area contributed by atoms with Crippen molar-refractivity contribution in [1.29, 1.82) is 0 Å². The van der Waals surface area contributed by atoms with E-state index in [0.29, 0.717) is 31.6 Å². The molecule has 3 rings (SSSR count). The van der Waals surface area contributed by atoms with Crippen LogP contribution in [0.2, 0.25) is 0 Å². The predicted molar refractivity (Wildman–Crippen MR) is 185 cm³/mol. The molecule has 3 aliphatic rings. The number of hydrogen-bond donors (Lipinski definition) is 2. The van der Waals surface area contributed by atoms with E-state index < -0.39 is 72.2 Å². The van der Waals surface area contributed by atoms with Gasteiger partial charge in [-0.1, -0.05) is 27.7 Å². The van der Waals surface area contributed by atoms with Crippen molar-refractivity contribution in [3.63, 3.8) is 0 Å². The molecule has 0 amide bonds. The normalized spacial score (nSPS) is 44.3. The van der Waals surface area contributed by atoms with Crippen LogP contribution in [0, 0.1) is 23.7 Å². The van der Waals surface area contributed by atoms with Gasteiger partial charge in [-0.25, -0.2) is 0 Å². The number of aliphatic hydroxyl groups excluding tert-OH is 1. The summed E-state index contributed by atoms with van der Waals surface area (Å²) in [5.41, 5.74) is 3.51. The lowest BCUT2D eigenvalue weighted by molar-refractivity contribution is -0.273. The Morgan fingerprint density at radius 3 is 1.98 bits per heavy atom. The van der Waals surface area contributed by atoms with Gasteiger partial charge in [0, 0.05) is 44.2 Å². The lowest BCUT2D eigenvalue weighted by Crippen LogP contribution is -2.54. The third kappa shape index (κ3) is 11.4. The van der Waals surface area contributed by atoms with Crippen molar-refractivity contribution in [3.8, 4) is 0 Å². The van der Waals surface area contributed by atoms with Crippen LogP contribution >= 0.6 is 0 Å². The lowest BCUT2D eigenvalue weighted by Gasteiger charge is -2.45. The number of cyclic esters (lactones) is 1. The number of nitrogens with two attached hydrogens (primary N) is 1. The van der Waals surface area contributed by atoms with Gasteiger partial charge in [-0.15, -0.1) is 0 Å². The first-order valence-corrected chi connectivity index (χ1v) is 18.5. The van der Waals surface area contributed by atoms with Gasteiger partial charge in [-0.2, -0.15) is 0 Å². The van der Waals surface area contributed by atoms with Crippen LogP contribution in [0.3, 0.4) is 0 Å². The molecule has 3 heterocycles. The minimum atomic E-state index is -1.62. The van der Waals surface area contributed by atoms with Crippen LogP contribution in [0.25, 0.3) is 0 Å². The quantitative estimate of drug-likeness (QED) is 0.252. The van der Waals surface area contributed by atoms with Crippen LogP contribution < -0.4 is 5.73 Å². The van der Waals surface area contributed by atoms with Crippen LogP contribution in [0.5, 0.6) is 0 Å². The Morgan fingerprint density at radius 2 is 1.45 bits per heavy atom. The maximum Gasteiger partial charge on any atom is 0.311 e. The molecule has 12 nitrogen and oxygen atoms in total. The summed E-state index contributed by atoms with van der Waals surface area (Å²) in [4.78, 5) is 30.4. The molecule has 3 fully saturated rings. The fourth-order valence-electron chi connectivity index (χ4n) is 8.27. The van der Waals surface area contributed by atoms with E-state index in [0.717, 1.165) is 12.8 Å². The minimum absolute atomic E-state index is 0.00319. The first-order chi connectivity index (χ1) is 22.8. The molecule has 0 aromatic rings. The van der Waals surface area contributed by atoms with Gasteiger partial charge in [-0.05, 0) is 86.7 Å². The molecule has 12 heteroatoms. The van der Waals surface area contributed by atoms with E-state index in [9.17, 15) is 14.7 Å². The third-order valence-corrected chi connectivity index (χ3v) is 11.2. The molecule has 3 N–H and O–H groups in total. The molecule has 0 aliphatic carbocycles. The second-order valence-corrected chi connectivity index (χ2v) is 16.0. The van der Waals surface area contributed by atoms with E-state index >= 15 is 0 Å². The van der Waals surface area contributed by atoms with Crippen molar-refractivity contribution in [2.75, 3.05) is 21.2 Å². The summed E-state index contributed by atoms with van der Waals surface area (Å²) in [6.45, 7) is 17.4. The van der Waals surface area contributed by atoms with Crippen molar-refractivity contribution in [1.82, 2.24) is 4.90 Å². The Morgan fingerprint density at radius 1 is 0.878 bits per heavy atom. The average Bonchev–Trinajstić information content (AvgIpc) is 3.00. The third-order valence-electron chi connectivity index (χ3n) is 11.2. The van der Waals surface area contributed by atoms with Gasteiger partial charge in [0.25, 0.3) is 0 Å². The standard InChI is InChI=1S/C37H68N2O10/c1-13-29-37(9,49-35(38)42)20-23(4)33(40)22(3)19-36(8,43-12)30(47-32-17-27(39(10)11)16-25(6)45-32)18-28(26(7)34(41)48-29)46-31-15-21(2)14-24(5)44-31/h21-32,35,42H,13-20,38H2,1-12H3/t21?,22-,23-,24+,25-,26?,27?,28+,29-,30-,31+,32+,35?,36-,37+/m1/s1. The minimum Gasteiger partial charge on any atom is -0.459 e. The largest absolute Gasteiger partial charge is 0.459 e. The molecule has 0 bridgehead atoms. The van der Waals surface area contributed by atoms with Gasteiger partial charge >= 0.3 is 5.97 Å². The highest BCUT2D eigenvalue weighted by Gasteiger charge is 2.48.